The fraction of sp³-hybridized carbons (Fsp3) is 0.706. The third kappa shape index (κ3) is 4.07. The SMILES string of the molecule is Cc1sc(C(=O)O)cc1COC1CC(C)CCC1C(C)C. The van der Waals surface area contributed by atoms with Crippen molar-refractivity contribution in [2.45, 2.75) is 59.7 Å². The predicted molar refractivity (Wildman–Crippen MR) is 85.9 cm³/mol. The van der Waals surface area contributed by atoms with Crippen LogP contribution in [0.25, 0.3) is 0 Å². The van der Waals surface area contributed by atoms with E-state index in [-0.39, 0.29) is 0 Å². The third-order valence-electron chi connectivity index (χ3n) is 4.65. The van der Waals surface area contributed by atoms with E-state index in [1.165, 1.54) is 24.2 Å². The molecule has 118 valence electrons. The molecule has 1 aliphatic carbocycles. The van der Waals surface area contributed by atoms with E-state index in [4.69, 9.17) is 9.84 Å². The molecule has 4 heteroatoms. The molecule has 0 aromatic carbocycles. The Kier molecular flexibility index (Phi) is 5.44. The number of thiophene rings is 1. The Labute approximate surface area is 131 Å². The predicted octanol–water partition coefficient (Wildman–Crippen LogP) is 4.73. The molecule has 3 nitrogen and oxygen atoms in total. The van der Waals surface area contributed by atoms with E-state index in [1.807, 2.05) is 6.92 Å². The van der Waals surface area contributed by atoms with Gasteiger partial charge in [0.15, 0.2) is 0 Å². The molecule has 0 aliphatic heterocycles. The Balaban J connectivity index is 2.01. The van der Waals surface area contributed by atoms with Gasteiger partial charge in [-0.25, -0.2) is 4.79 Å². The quantitative estimate of drug-likeness (QED) is 0.855. The Hall–Kier alpha value is -0.870. The van der Waals surface area contributed by atoms with E-state index in [1.54, 1.807) is 6.07 Å². The van der Waals surface area contributed by atoms with Gasteiger partial charge >= 0.3 is 5.97 Å². The van der Waals surface area contributed by atoms with Crippen molar-refractivity contribution in [3.8, 4) is 0 Å². The fourth-order valence-electron chi connectivity index (χ4n) is 3.27. The molecule has 0 spiro atoms. The Bertz CT molecular complexity index is 492. The van der Waals surface area contributed by atoms with E-state index < -0.39 is 5.97 Å². The molecule has 0 saturated heterocycles. The smallest absolute Gasteiger partial charge is 0.345 e. The molecule has 2 rings (SSSR count). The first-order valence-electron chi connectivity index (χ1n) is 7.82. The van der Waals surface area contributed by atoms with E-state index in [9.17, 15) is 4.79 Å². The van der Waals surface area contributed by atoms with Crippen LogP contribution < -0.4 is 0 Å². The van der Waals surface area contributed by atoms with Crippen LogP contribution in [0.3, 0.4) is 0 Å². The highest BCUT2D eigenvalue weighted by Gasteiger charge is 2.31. The average Bonchev–Trinajstić information content (AvgIpc) is 2.77. The van der Waals surface area contributed by atoms with Gasteiger partial charge in [0.1, 0.15) is 4.88 Å². The van der Waals surface area contributed by atoms with Crippen molar-refractivity contribution in [3.63, 3.8) is 0 Å². The fourth-order valence-corrected chi connectivity index (χ4v) is 4.14. The summed E-state index contributed by atoms with van der Waals surface area (Å²) in [6, 6.07) is 1.76. The van der Waals surface area contributed by atoms with Crippen molar-refractivity contribution in [3.05, 3.63) is 21.4 Å². The molecular formula is C17H26O3S. The molecule has 1 fully saturated rings. The van der Waals surface area contributed by atoms with Crippen molar-refractivity contribution in [1.29, 1.82) is 0 Å². The van der Waals surface area contributed by atoms with Gasteiger partial charge in [0.2, 0.25) is 0 Å². The molecule has 0 amide bonds. The van der Waals surface area contributed by atoms with E-state index in [0.717, 1.165) is 22.8 Å². The standard InChI is InChI=1S/C17H26O3S/c1-10(2)14-6-5-11(3)7-15(14)20-9-13-8-16(17(18)19)21-12(13)4/h8,10-11,14-15H,5-7,9H2,1-4H3,(H,18,19). The summed E-state index contributed by atoms with van der Waals surface area (Å²) in [5.74, 6) is 1.14. The third-order valence-corrected chi connectivity index (χ3v) is 5.73. The first-order chi connectivity index (χ1) is 9.88. The number of aromatic carboxylic acids is 1. The summed E-state index contributed by atoms with van der Waals surface area (Å²) < 4.78 is 6.20. The van der Waals surface area contributed by atoms with Crippen molar-refractivity contribution in [1.82, 2.24) is 0 Å². The van der Waals surface area contributed by atoms with Gasteiger partial charge in [-0.3, -0.25) is 0 Å². The highest BCUT2D eigenvalue weighted by molar-refractivity contribution is 7.14. The Morgan fingerprint density at radius 1 is 1.48 bits per heavy atom. The first-order valence-corrected chi connectivity index (χ1v) is 8.64. The second kappa shape index (κ2) is 6.93. The first kappa shape index (κ1) is 16.5. The van der Waals surface area contributed by atoms with Crippen molar-refractivity contribution >= 4 is 17.3 Å². The highest BCUT2D eigenvalue weighted by atomic mass is 32.1. The second-order valence-electron chi connectivity index (χ2n) is 6.67. The average molecular weight is 310 g/mol. The zero-order chi connectivity index (χ0) is 15.6. The number of carboxylic acids is 1. The van der Waals surface area contributed by atoms with Crippen LogP contribution in [0, 0.1) is 24.7 Å². The molecule has 21 heavy (non-hydrogen) atoms. The van der Waals surface area contributed by atoms with Crippen molar-refractivity contribution in [2.24, 2.45) is 17.8 Å². The summed E-state index contributed by atoms with van der Waals surface area (Å²) in [6.45, 7) is 9.35. The molecule has 0 bridgehead atoms. The van der Waals surface area contributed by atoms with Crippen LogP contribution in [0.1, 0.15) is 60.1 Å². The lowest BCUT2D eigenvalue weighted by Crippen LogP contribution is -2.34. The lowest BCUT2D eigenvalue weighted by Gasteiger charge is -2.37. The normalized spacial score (nSPS) is 26.2. The maximum atomic E-state index is 11.0. The molecule has 1 saturated carbocycles. The molecule has 1 aromatic rings. The summed E-state index contributed by atoms with van der Waals surface area (Å²) in [6.07, 6.45) is 3.97. The van der Waals surface area contributed by atoms with Crippen LogP contribution in [-0.2, 0) is 11.3 Å². The minimum atomic E-state index is -0.847. The minimum absolute atomic E-state index is 0.307. The molecule has 3 atom stereocenters. The van der Waals surface area contributed by atoms with Gasteiger partial charge in [-0.05, 0) is 49.1 Å². The molecule has 1 aliphatic rings. The zero-order valence-corrected chi connectivity index (χ0v) is 14.2. The van der Waals surface area contributed by atoms with Gasteiger partial charge in [0.25, 0.3) is 0 Å². The summed E-state index contributed by atoms with van der Waals surface area (Å²) in [5.41, 5.74) is 1.03. The molecular weight excluding hydrogens is 284 g/mol. The number of hydrogen-bond acceptors (Lipinski definition) is 3. The van der Waals surface area contributed by atoms with E-state index in [0.29, 0.717) is 29.4 Å². The lowest BCUT2D eigenvalue weighted by atomic mass is 9.75. The summed E-state index contributed by atoms with van der Waals surface area (Å²) >= 11 is 1.34. The lowest BCUT2D eigenvalue weighted by molar-refractivity contribution is -0.0473. The zero-order valence-electron chi connectivity index (χ0n) is 13.4. The molecule has 3 unspecified atom stereocenters. The highest BCUT2D eigenvalue weighted by Crippen LogP contribution is 2.36. The van der Waals surface area contributed by atoms with Crippen LogP contribution in [0.15, 0.2) is 6.07 Å². The van der Waals surface area contributed by atoms with Crippen molar-refractivity contribution < 1.29 is 14.6 Å². The Morgan fingerprint density at radius 3 is 2.76 bits per heavy atom. The topological polar surface area (TPSA) is 46.5 Å². The van der Waals surface area contributed by atoms with Gasteiger partial charge in [0, 0.05) is 4.88 Å². The van der Waals surface area contributed by atoms with E-state index in [2.05, 4.69) is 20.8 Å². The van der Waals surface area contributed by atoms with Gasteiger partial charge in [0.05, 0.1) is 12.7 Å². The monoisotopic (exact) mass is 310 g/mol. The van der Waals surface area contributed by atoms with Crippen LogP contribution >= 0.6 is 11.3 Å². The number of hydrogen-bond donors (Lipinski definition) is 1. The number of ether oxygens (including phenoxy) is 1. The van der Waals surface area contributed by atoms with Gasteiger partial charge in [-0.15, -0.1) is 11.3 Å². The van der Waals surface area contributed by atoms with Gasteiger partial charge in [-0.2, -0.15) is 0 Å². The summed E-state index contributed by atoms with van der Waals surface area (Å²) in [4.78, 5) is 12.5. The second-order valence-corrected chi connectivity index (χ2v) is 7.93. The van der Waals surface area contributed by atoms with Crippen LogP contribution in [0.4, 0.5) is 0 Å². The molecule has 1 aromatic heterocycles. The minimum Gasteiger partial charge on any atom is -0.477 e. The number of carbonyl (C=O) groups is 1. The van der Waals surface area contributed by atoms with E-state index >= 15 is 0 Å². The number of aryl methyl sites for hydroxylation is 1. The van der Waals surface area contributed by atoms with Crippen molar-refractivity contribution in [2.75, 3.05) is 0 Å². The van der Waals surface area contributed by atoms with Gasteiger partial charge < -0.3 is 9.84 Å². The molecule has 0 radical (unpaired) electrons. The van der Waals surface area contributed by atoms with Crippen LogP contribution in [-0.4, -0.2) is 17.2 Å². The number of carboxylic acid groups (broad SMARTS) is 1. The summed E-state index contributed by atoms with van der Waals surface area (Å²) in [7, 11) is 0. The Morgan fingerprint density at radius 2 is 2.19 bits per heavy atom. The molecule has 1 heterocycles. The molecule has 1 N–H and O–H groups in total. The number of rotatable bonds is 5. The van der Waals surface area contributed by atoms with Crippen LogP contribution in [0.2, 0.25) is 0 Å². The largest absolute Gasteiger partial charge is 0.477 e. The summed E-state index contributed by atoms with van der Waals surface area (Å²) in [5, 5.41) is 9.06. The maximum absolute atomic E-state index is 11.0. The maximum Gasteiger partial charge on any atom is 0.345 e. The van der Waals surface area contributed by atoms with Crippen LogP contribution in [0.5, 0.6) is 0 Å². The van der Waals surface area contributed by atoms with Gasteiger partial charge in [-0.1, -0.05) is 27.2 Å².